The Labute approximate surface area is 155 Å². The first-order chi connectivity index (χ1) is 12.2. The van der Waals surface area contributed by atoms with Crippen molar-refractivity contribution in [3.05, 3.63) is 29.8 Å². The predicted molar refractivity (Wildman–Crippen MR) is 98.4 cm³/mol. The van der Waals surface area contributed by atoms with Crippen molar-refractivity contribution < 1.29 is 18.0 Å². The lowest BCUT2D eigenvalue weighted by molar-refractivity contribution is -0.142. The second-order valence-electron chi connectivity index (χ2n) is 7.55. The zero-order valence-electron chi connectivity index (χ0n) is 15.4. The predicted octanol–water partition coefficient (Wildman–Crippen LogP) is 2.30. The van der Waals surface area contributed by atoms with Gasteiger partial charge in [-0.1, -0.05) is 31.9 Å². The average molecular weight is 378 g/mol. The molecule has 0 atom stereocenters. The molecule has 0 N–H and O–H groups in total. The maximum atomic E-state index is 12.9. The number of sulfonamides is 1. The highest BCUT2D eigenvalue weighted by molar-refractivity contribution is 7.89. The number of hydrogen-bond acceptors (Lipinski definition) is 4. The smallest absolute Gasteiger partial charge is 0.243 e. The van der Waals surface area contributed by atoms with Gasteiger partial charge in [0.25, 0.3) is 0 Å². The molecule has 0 spiro atoms. The number of nitrogens with zero attached hydrogens (tertiary/aromatic N) is 2. The fourth-order valence-electron chi connectivity index (χ4n) is 3.91. The van der Waals surface area contributed by atoms with Gasteiger partial charge in [0, 0.05) is 37.2 Å². The molecule has 0 bridgehead atoms. The molecule has 26 heavy (non-hydrogen) atoms. The molecule has 6 nitrogen and oxygen atoms in total. The molecule has 0 aromatic heterocycles. The zero-order chi connectivity index (χ0) is 18.9. The number of benzene rings is 1. The Morgan fingerprint density at radius 1 is 1.04 bits per heavy atom. The minimum Gasteiger partial charge on any atom is -0.340 e. The summed E-state index contributed by atoms with van der Waals surface area (Å²) in [5.74, 6) is -0.00658. The van der Waals surface area contributed by atoms with Crippen LogP contribution >= 0.6 is 0 Å². The van der Waals surface area contributed by atoms with Gasteiger partial charge >= 0.3 is 0 Å². The van der Waals surface area contributed by atoms with Crippen molar-refractivity contribution in [1.82, 2.24) is 9.21 Å². The van der Waals surface area contributed by atoms with Crippen molar-refractivity contribution >= 4 is 21.7 Å². The van der Waals surface area contributed by atoms with Crippen LogP contribution in [0.2, 0.25) is 0 Å². The van der Waals surface area contributed by atoms with Crippen LogP contribution in [0.15, 0.2) is 29.2 Å². The number of carbonyl (C=O) groups excluding carboxylic acids is 2. The Morgan fingerprint density at radius 2 is 1.65 bits per heavy atom. The van der Waals surface area contributed by atoms with E-state index in [4.69, 9.17) is 0 Å². The summed E-state index contributed by atoms with van der Waals surface area (Å²) >= 11 is 0. The summed E-state index contributed by atoms with van der Waals surface area (Å²) < 4.78 is 27.1. The van der Waals surface area contributed by atoms with E-state index in [0.717, 1.165) is 25.7 Å². The fraction of sp³-hybridized carbons (Fsp3) is 0.579. The van der Waals surface area contributed by atoms with E-state index in [1.165, 1.54) is 23.4 Å². The molecule has 142 valence electrons. The Kier molecular flexibility index (Phi) is 5.21. The van der Waals surface area contributed by atoms with Gasteiger partial charge in [-0.05, 0) is 31.9 Å². The van der Waals surface area contributed by atoms with Gasteiger partial charge in [-0.3, -0.25) is 9.59 Å². The molecular formula is C19H26N2O4S. The third kappa shape index (κ3) is 3.55. The molecule has 1 amide bonds. The third-order valence-electron chi connectivity index (χ3n) is 5.63. The van der Waals surface area contributed by atoms with Crippen LogP contribution in [0.5, 0.6) is 0 Å². The number of ketones is 1. The highest BCUT2D eigenvalue weighted by Gasteiger charge is 2.40. The van der Waals surface area contributed by atoms with Crippen LogP contribution in [-0.2, 0) is 14.8 Å². The summed E-state index contributed by atoms with van der Waals surface area (Å²) in [4.78, 5) is 26.3. The van der Waals surface area contributed by atoms with Crippen LogP contribution in [0, 0.1) is 5.41 Å². The van der Waals surface area contributed by atoms with E-state index in [0.29, 0.717) is 18.7 Å². The Hall–Kier alpha value is -1.73. The van der Waals surface area contributed by atoms with Crippen molar-refractivity contribution in [1.29, 1.82) is 0 Å². The molecule has 0 unspecified atom stereocenters. The van der Waals surface area contributed by atoms with Crippen LogP contribution in [-0.4, -0.2) is 55.5 Å². The van der Waals surface area contributed by atoms with Crippen molar-refractivity contribution in [3.8, 4) is 0 Å². The molecule has 1 aromatic carbocycles. The highest BCUT2D eigenvalue weighted by Crippen LogP contribution is 2.39. The minimum atomic E-state index is -3.66. The summed E-state index contributed by atoms with van der Waals surface area (Å²) in [6, 6.07) is 6.14. The normalized spacial score (nSPS) is 20.9. The quantitative estimate of drug-likeness (QED) is 0.754. The van der Waals surface area contributed by atoms with Gasteiger partial charge in [-0.15, -0.1) is 0 Å². The standard InChI is InChI=1S/C19H26N2O4S/c1-15(22)16-6-5-7-17(14-16)26(24,25)21-12-10-20(11-13-21)18(23)19(2)8-3-4-9-19/h5-7,14H,3-4,8-13H2,1-2H3. The van der Waals surface area contributed by atoms with Gasteiger partial charge in [0.1, 0.15) is 0 Å². The van der Waals surface area contributed by atoms with Crippen LogP contribution in [0.4, 0.5) is 0 Å². The Morgan fingerprint density at radius 3 is 2.23 bits per heavy atom. The molecule has 1 aromatic rings. The number of rotatable bonds is 4. The Bertz CT molecular complexity index is 805. The van der Waals surface area contributed by atoms with E-state index in [9.17, 15) is 18.0 Å². The molecule has 1 heterocycles. The second kappa shape index (κ2) is 7.12. The summed E-state index contributed by atoms with van der Waals surface area (Å²) in [7, 11) is -3.66. The first-order valence-electron chi connectivity index (χ1n) is 9.15. The molecule has 3 rings (SSSR count). The zero-order valence-corrected chi connectivity index (χ0v) is 16.2. The molecule has 1 saturated carbocycles. The minimum absolute atomic E-state index is 0.132. The van der Waals surface area contributed by atoms with Gasteiger partial charge < -0.3 is 4.90 Å². The van der Waals surface area contributed by atoms with E-state index < -0.39 is 10.0 Å². The van der Waals surface area contributed by atoms with Crippen LogP contribution in [0.1, 0.15) is 49.9 Å². The summed E-state index contributed by atoms with van der Waals surface area (Å²) in [5.41, 5.74) is 0.102. The topological polar surface area (TPSA) is 74.8 Å². The molecule has 2 fully saturated rings. The lowest BCUT2D eigenvalue weighted by Crippen LogP contribution is -2.53. The number of piperazine rings is 1. The van der Waals surface area contributed by atoms with E-state index in [2.05, 4.69) is 0 Å². The van der Waals surface area contributed by atoms with E-state index in [1.54, 1.807) is 12.1 Å². The molecule has 2 aliphatic rings. The molecule has 1 saturated heterocycles. The number of amides is 1. The SMILES string of the molecule is CC(=O)c1cccc(S(=O)(=O)N2CCN(C(=O)C3(C)CCCC3)CC2)c1. The molecule has 0 radical (unpaired) electrons. The summed E-state index contributed by atoms with van der Waals surface area (Å²) in [6.45, 7) is 4.85. The number of Topliss-reactive ketones (excluding diaryl/α,β-unsaturated/α-hetero) is 1. The highest BCUT2D eigenvalue weighted by atomic mass is 32.2. The van der Waals surface area contributed by atoms with E-state index in [1.807, 2.05) is 11.8 Å². The van der Waals surface area contributed by atoms with Crippen molar-refractivity contribution in [3.63, 3.8) is 0 Å². The molecule has 1 aliphatic carbocycles. The van der Waals surface area contributed by atoms with E-state index in [-0.39, 0.29) is 35.1 Å². The first kappa shape index (κ1) is 19.0. The maximum Gasteiger partial charge on any atom is 0.243 e. The van der Waals surface area contributed by atoms with Gasteiger partial charge in [0.05, 0.1) is 4.90 Å². The molecule has 7 heteroatoms. The molecule has 1 aliphatic heterocycles. The van der Waals surface area contributed by atoms with Crippen LogP contribution in [0.25, 0.3) is 0 Å². The van der Waals surface area contributed by atoms with Crippen molar-refractivity contribution in [2.24, 2.45) is 5.41 Å². The lowest BCUT2D eigenvalue weighted by Gasteiger charge is -2.38. The van der Waals surface area contributed by atoms with Gasteiger partial charge in [-0.2, -0.15) is 4.31 Å². The fourth-order valence-corrected chi connectivity index (χ4v) is 5.38. The van der Waals surface area contributed by atoms with Gasteiger partial charge in [0.2, 0.25) is 15.9 Å². The largest absolute Gasteiger partial charge is 0.340 e. The number of hydrogen-bond donors (Lipinski definition) is 0. The Balaban J connectivity index is 1.70. The van der Waals surface area contributed by atoms with Crippen molar-refractivity contribution in [2.45, 2.75) is 44.4 Å². The van der Waals surface area contributed by atoms with Crippen molar-refractivity contribution in [2.75, 3.05) is 26.2 Å². The van der Waals surface area contributed by atoms with Crippen LogP contribution < -0.4 is 0 Å². The summed E-state index contributed by atoms with van der Waals surface area (Å²) in [5, 5.41) is 0. The monoisotopic (exact) mass is 378 g/mol. The summed E-state index contributed by atoms with van der Waals surface area (Å²) in [6.07, 6.45) is 4.01. The lowest BCUT2D eigenvalue weighted by atomic mass is 9.87. The van der Waals surface area contributed by atoms with Crippen LogP contribution in [0.3, 0.4) is 0 Å². The molecular weight excluding hydrogens is 352 g/mol. The second-order valence-corrected chi connectivity index (χ2v) is 9.49. The average Bonchev–Trinajstić information content (AvgIpc) is 3.09. The maximum absolute atomic E-state index is 12.9. The van der Waals surface area contributed by atoms with E-state index >= 15 is 0 Å². The van der Waals surface area contributed by atoms with Gasteiger partial charge in [-0.25, -0.2) is 8.42 Å². The number of carbonyl (C=O) groups is 2. The first-order valence-corrected chi connectivity index (χ1v) is 10.6. The third-order valence-corrected chi connectivity index (χ3v) is 7.52. The van der Waals surface area contributed by atoms with Gasteiger partial charge in [0.15, 0.2) is 5.78 Å².